The lowest BCUT2D eigenvalue weighted by molar-refractivity contribution is -0.117. The van der Waals surface area contributed by atoms with Crippen LogP contribution in [0.25, 0.3) is 0 Å². The predicted octanol–water partition coefficient (Wildman–Crippen LogP) is 3.90. The Labute approximate surface area is 163 Å². The van der Waals surface area contributed by atoms with E-state index in [1.54, 1.807) is 18.0 Å². The van der Waals surface area contributed by atoms with Gasteiger partial charge in [-0.05, 0) is 29.8 Å². The Morgan fingerprint density at radius 2 is 1.81 bits per heavy atom. The molecule has 2 heterocycles. The number of para-hydroxylation sites is 1. The molecule has 0 fully saturated rings. The van der Waals surface area contributed by atoms with Gasteiger partial charge in [0.25, 0.3) is 0 Å². The van der Waals surface area contributed by atoms with Gasteiger partial charge in [-0.3, -0.25) is 15.1 Å². The van der Waals surface area contributed by atoms with E-state index in [9.17, 15) is 4.79 Å². The van der Waals surface area contributed by atoms with Crippen molar-refractivity contribution in [1.29, 1.82) is 0 Å². The lowest BCUT2D eigenvalue weighted by Crippen LogP contribution is -2.42. The van der Waals surface area contributed by atoms with Crippen molar-refractivity contribution in [2.45, 2.75) is 10.9 Å². The molecular weight excluding hydrogens is 354 g/mol. The zero-order valence-electron chi connectivity index (χ0n) is 14.9. The zero-order valence-corrected chi connectivity index (χ0v) is 15.7. The number of fused-ring (bicyclic) bond motifs is 1. The first kappa shape index (κ1) is 17.8. The van der Waals surface area contributed by atoms with E-state index >= 15 is 0 Å². The number of amides is 1. The van der Waals surface area contributed by atoms with Crippen LogP contribution >= 0.6 is 11.8 Å². The second-order valence-corrected chi connectivity index (χ2v) is 7.48. The van der Waals surface area contributed by atoms with Crippen molar-refractivity contribution in [3.8, 4) is 0 Å². The number of rotatable bonds is 5. The van der Waals surface area contributed by atoms with Crippen molar-refractivity contribution in [3.63, 3.8) is 0 Å². The molecule has 0 saturated carbocycles. The molecule has 4 rings (SSSR count). The molecule has 3 aromatic rings. The molecule has 2 aromatic carbocycles. The summed E-state index contributed by atoms with van der Waals surface area (Å²) in [4.78, 5) is 20.5. The number of anilines is 1. The van der Waals surface area contributed by atoms with Gasteiger partial charge in [0.2, 0.25) is 5.91 Å². The first-order valence-corrected chi connectivity index (χ1v) is 10.0. The highest BCUT2D eigenvalue weighted by Crippen LogP contribution is 2.34. The lowest BCUT2D eigenvalue weighted by atomic mass is 10.0. The largest absolute Gasteiger partial charge is 0.309 e. The molecule has 5 heteroatoms. The summed E-state index contributed by atoms with van der Waals surface area (Å²) in [7, 11) is 0. The van der Waals surface area contributed by atoms with Gasteiger partial charge in [0, 0.05) is 23.4 Å². The van der Waals surface area contributed by atoms with Gasteiger partial charge in [-0.15, -0.1) is 11.8 Å². The molecule has 136 valence electrons. The molecule has 1 unspecified atom stereocenters. The van der Waals surface area contributed by atoms with Crippen molar-refractivity contribution in [3.05, 3.63) is 90.3 Å². The summed E-state index contributed by atoms with van der Waals surface area (Å²) in [5, 5.41) is 3.42. The van der Waals surface area contributed by atoms with Crippen LogP contribution in [0.1, 0.15) is 17.3 Å². The van der Waals surface area contributed by atoms with Crippen LogP contribution < -0.4 is 10.2 Å². The van der Waals surface area contributed by atoms with Crippen LogP contribution in [0.15, 0.2) is 83.9 Å². The first-order valence-electron chi connectivity index (χ1n) is 9.04. The normalized spacial score (nSPS) is 14.4. The Bertz CT molecular complexity index is 862. The summed E-state index contributed by atoms with van der Waals surface area (Å²) >= 11 is 1.80. The minimum absolute atomic E-state index is 0.0830. The quantitative estimate of drug-likeness (QED) is 0.735. The Morgan fingerprint density at radius 1 is 1.04 bits per heavy atom. The van der Waals surface area contributed by atoms with E-state index in [0.717, 1.165) is 29.2 Å². The number of pyridine rings is 1. The number of benzene rings is 2. The Morgan fingerprint density at radius 3 is 2.63 bits per heavy atom. The third kappa shape index (κ3) is 4.04. The number of carbonyl (C=O) groups is 1. The van der Waals surface area contributed by atoms with E-state index in [1.807, 2.05) is 59.5 Å². The van der Waals surface area contributed by atoms with Crippen molar-refractivity contribution in [2.75, 3.05) is 23.7 Å². The van der Waals surface area contributed by atoms with Gasteiger partial charge in [-0.2, -0.15) is 0 Å². The highest BCUT2D eigenvalue weighted by atomic mass is 32.2. The SMILES string of the molecule is O=C(CNC(c1ccccc1)c1ccccn1)N1CCSc2ccccc21. The molecule has 0 bridgehead atoms. The van der Waals surface area contributed by atoms with Gasteiger partial charge >= 0.3 is 0 Å². The second-order valence-electron chi connectivity index (χ2n) is 6.34. The summed E-state index contributed by atoms with van der Waals surface area (Å²) < 4.78 is 0. The Balaban J connectivity index is 1.53. The number of nitrogens with zero attached hydrogens (tertiary/aromatic N) is 2. The second kappa shape index (κ2) is 8.37. The molecule has 1 aliphatic rings. The monoisotopic (exact) mass is 375 g/mol. The fraction of sp³-hybridized carbons (Fsp3) is 0.182. The van der Waals surface area contributed by atoms with Crippen molar-refractivity contribution >= 4 is 23.4 Å². The molecule has 0 aliphatic carbocycles. The van der Waals surface area contributed by atoms with E-state index in [0.29, 0.717) is 0 Å². The van der Waals surface area contributed by atoms with Crippen LogP contribution in [0.2, 0.25) is 0 Å². The zero-order chi connectivity index (χ0) is 18.5. The lowest BCUT2D eigenvalue weighted by Gasteiger charge is -2.30. The van der Waals surface area contributed by atoms with Crippen molar-refractivity contribution in [1.82, 2.24) is 10.3 Å². The fourth-order valence-corrected chi connectivity index (χ4v) is 4.29. The van der Waals surface area contributed by atoms with E-state index in [2.05, 4.69) is 28.5 Å². The smallest absolute Gasteiger partial charge is 0.241 e. The minimum atomic E-state index is -0.120. The van der Waals surface area contributed by atoms with E-state index in [-0.39, 0.29) is 18.5 Å². The van der Waals surface area contributed by atoms with Crippen LogP contribution in [-0.2, 0) is 4.79 Å². The van der Waals surface area contributed by atoms with Gasteiger partial charge in [0.05, 0.1) is 24.0 Å². The van der Waals surface area contributed by atoms with Gasteiger partial charge in [-0.25, -0.2) is 0 Å². The maximum Gasteiger partial charge on any atom is 0.241 e. The van der Waals surface area contributed by atoms with Crippen LogP contribution in [0.4, 0.5) is 5.69 Å². The van der Waals surface area contributed by atoms with Gasteiger partial charge in [0.15, 0.2) is 0 Å². The molecule has 4 nitrogen and oxygen atoms in total. The minimum Gasteiger partial charge on any atom is -0.309 e. The number of thioether (sulfide) groups is 1. The maximum absolute atomic E-state index is 13.0. The van der Waals surface area contributed by atoms with Gasteiger partial charge < -0.3 is 4.90 Å². The average Bonchev–Trinajstić information content (AvgIpc) is 2.75. The van der Waals surface area contributed by atoms with E-state index < -0.39 is 0 Å². The molecule has 1 aromatic heterocycles. The molecule has 27 heavy (non-hydrogen) atoms. The predicted molar refractivity (Wildman–Crippen MR) is 110 cm³/mol. The fourth-order valence-electron chi connectivity index (χ4n) is 3.30. The van der Waals surface area contributed by atoms with Gasteiger partial charge in [0.1, 0.15) is 0 Å². The topological polar surface area (TPSA) is 45.2 Å². The molecule has 1 atom stereocenters. The number of hydrogen-bond donors (Lipinski definition) is 1. The number of nitrogens with one attached hydrogen (secondary N) is 1. The molecule has 0 radical (unpaired) electrons. The maximum atomic E-state index is 13.0. The summed E-state index contributed by atoms with van der Waals surface area (Å²) in [6.45, 7) is 0.997. The van der Waals surface area contributed by atoms with E-state index in [4.69, 9.17) is 0 Å². The average molecular weight is 375 g/mol. The standard InChI is InChI=1S/C22H21N3OS/c26-21(25-14-15-27-20-12-5-4-11-19(20)25)16-24-22(17-8-2-1-3-9-17)18-10-6-7-13-23-18/h1-13,22,24H,14-16H2. The molecular formula is C22H21N3OS. The Hall–Kier alpha value is -2.63. The van der Waals surface area contributed by atoms with Crippen LogP contribution in [-0.4, -0.2) is 29.7 Å². The number of aromatic nitrogens is 1. The molecule has 1 N–H and O–H groups in total. The highest BCUT2D eigenvalue weighted by molar-refractivity contribution is 7.99. The third-order valence-corrected chi connectivity index (χ3v) is 5.65. The summed E-state index contributed by atoms with van der Waals surface area (Å²) in [6.07, 6.45) is 1.78. The molecule has 1 amide bonds. The summed E-state index contributed by atoms with van der Waals surface area (Å²) in [5.74, 6) is 1.00. The van der Waals surface area contributed by atoms with Crippen LogP contribution in [0.3, 0.4) is 0 Å². The molecule has 0 spiro atoms. The molecule has 1 aliphatic heterocycles. The van der Waals surface area contributed by atoms with Crippen molar-refractivity contribution < 1.29 is 4.79 Å². The van der Waals surface area contributed by atoms with Crippen molar-refractivity contribution in [2.24, 2.45) is 0 Å². The van der Waals surface area contributed by atoms with Gasteiger partial charge in [-0.1, -0.05) is 48.5 Å². The highest BCUT2D eigenvalue weighted by Gasteiger charge is 2.24. The Kier molecular flexibility index (Phi) is 5.51. The van der Waals surface area contributed by atoms with Crippen LogP contribution in [0, 0.1) is 0 Å². The number of hydrogen-bond acceptors (Lipinski definition) is 4. The summed E-state index contributed by atoms with van der Waals surface area (Å²) in [5.41, 5.74) is 3.01. The summed E-state index contributed by atoms with van der Waals surface area (Å²) in [6, 6.07) is 24.0. The molecule has 0 saturated heterocycles. The first-order chi connectivity index (χ1) is 13.3. The van der Waals surface area contributed by atoms with Crippen LogP contribution in [0.5, 0.6) is 0 Å². The third-order valence-electron chi connectivity index (χ3n) is 4.60. The van der Waals surface area contributed by atoms with E-state index in [1.165, 1.54) is 4.90 Å². The number of carbonyl (C=O) groups excluding carboxylic acids is 1.